The Morgan fingerprint density at radius 3 is 2.73 bits per heavy atom. The summed E-state index contributed by atoms with van der Waals surface area (Å²) in [4.78, 5) is 3.93. The number of rotatable bonds is 2. The van der Waals surface area contributed by atoms with Crippen molar-refractivity contribution in [1.82, 2.24) is 14.8 Å². The first-order valence-electron chi connectivity index (χ1n) is 4.53. The van der Waals surface area contributed by atoms with Crippen LogP contribution in [0.3, 0.4) is 0 Å². The number of nitrogens with two attached hydrogens (primary N) is 1. The molecule has 0 saturated carbocycles. The largest absolute Gasteiger partial charge is 0.318 e. The van der Waals surface area contributed by atoms with Gasteiger partial charge in [0.25, 0.3) is 0 Å². The minimum Gasteiger partial charge on any atom is -0.318 e. The zero-order valence-electron chi connectivity index (χ0n) is 8.26. The van der Waals surface area contributed by atoms with Crippen LogP contribution in [-0.2, 0) is 7.05 Å². The Labute approximate surface area is 86.6 Å². The van der Waals surface area contributed by atoms with Crippen LogP contribution in [0.2, 0.25) is 0 Å². The van der Waals surface area contributed by atoms with E-state index in [2.05, 4.69) is 10.1 Å². The summed E-state index contributed by atoms with van der Waals surface area (Å²) in [6, 6.07) is 4.36. The Morgan fingerprint density at radius 2 is 2.20 bits per heavy atom. The molecular weight excluding hydrogens is 195 g/mol. The Kier molecular flexibility index (Phi) is 2.47. The molecule has 0 aliphatic heterocycles. The standard InChI is InChI=1S/C10H11FN4/c1-15-9(4-5-14-15)10(12)8-3-2-7(11)6-13-8/h2-6,10H,12H2,1H3. The van der Waals surface area contributed by atoms with Crippen molar-refractivity contribution in [2.45, 2.75) is 6.04 Å². The lowest BCUT2D eigenvalue weighted by molar-refractivity contribution is 0.613. The quantitative estimate of drug-likeness (QED) is 0.797. The first-order chi connectivity index (χ1) is 7.18. The van der Waals surface area contributed by atoms with Gasteiger partial charge in [-0.2, -0.15) is 5.10 Å². The number of hydrogen-bond donors (Lipinski definition) is 1. The Bertz CT molecular complexity index is 449. The third kappa shape index (κ3) is 1.87. The average Bonchev–Trinajstić information content (AvgIpc) is 2.65. The maximum Gasteiger partial charge on any atom is 0.141 e. The van der Waals surface area contributed by atoms with E-state index in [0.29, 0.717) is 5.69 Å². The fraction of sp³-hybridized carbons (Fsp3) is 0.200. The van der Waals surface area contributed by atoms with E-state index in [0.717, 1.165) is 11.9 Å². The highest BCUT2D eigenvalue weighted by molar-refractivity contribution is 5.20. The molecule has 0 radical (unpaired) electrons. The molecule has 0 saturated heterocycles. The Balaban J connectivity index is 2.32. The van der Waals surface area contributed by atoms with Crippen LogP contribution in [0.15, 0.2) is 30.6 Å². The van der Waals surface area contributed by atoms with E-state index in [1.54, 1.807) is 24.0 Å². The van der Waals surface area contributed by atoms with Crippen LogP contribution in [0.25, 0.3) is 0 Å². The number of pyridine rings is 1. The summed E-state index contributed by atoms with van der Waals surface area (Å²) in [6.07, 6.45) is 2.82. The molecule has 4 nitrogen and oxygen atoms in total. The van der Waals surface area contributed by atoms with Gasteiger partial charge >= 0.3 is 0 Å². The van der Waals surface area contributed by atoms with E-state index in [1.165, 1.54) is 6.07 Å². The van der Waals surface area contributed by atoms with Crippen molar-refractivity contribution < 1.29 is 4.39 Å². The van der Waals surface area contributed by atoms with Crippen LogP contribution in [0, 0.1) is 5.82 Å². The third-order valence-corrected chi connectivity index (χ3v) is 2.25. The minimum atomic E-state index is -0.377. The smallest absolute Gasteiger partial charge is 0.141 e. The van der Waals surface area contributed by atoms with Gasteiger partial charge in [0.05, 0.1) is 23.6 Å². The molecule has 0 aliphatic carbocycles. The zero-order valence-corrected chi connectivity index (χ0v) is 8.26. The zero-order chi connectivity index (χ0) is 10.8. The summed E-state index contributed by atoms with van der Waals surface area (Å²) in [5.41, 5.74) is 7.43. The van der Waals surface area contributed by atoms with Crippen molar-refractivity contribution >= 4 is 0 Å². The van der Waals surface area contributed by atoms with E-state index in [9.17, 15) is 4.39 Å². The van der Waals surface area contributed by atoms with Gasteiger partial charge in [0.2, 0.25) is 0 Å². The van der Waals surface area contributed by atoms with Crippen molar-refractivity contribution in [2.24, 2.45) is 12.8 Å². The van der Waals surface area contributed by atoms with E-state index >= 15 is 0 Å². The van der Waals surface area contributed by atoms with Crippen LogP contribution in [0.1, 0.15) is 17.4 Å². The van der Waals surface area contributed by atoms with Crippen LogP contribution < -0.4 is 5.73 Å². The van der Waals surface area contributed by atoms with Crippen molar-refractivity contribution in [2.75, 3.05) is 0 Å². The van der Waals surface area contributed by atoms with E-state index in [-0.39, 0.29) is 11.9 Å². The predicted octanol–water partition coefficient (Wildman–Crippen LogP) is 1.00. The molecule has 0 spiro atoms. The maximum absolute atomic E-state index is 12.7. The minimum absolute atomic E-state index is 0.365. The highest BCUT2D eigenvalue weighted by Crippen LogP contribution is 2.16. The summed E-state index contributed by atoms with van der Waals surface area (Å²) in [5, 5.41) is 4.02. The van der Waals surface area contributed by atoms with Crippen LogP contribution >= 0.6 is 0 Å². The summed E-state index contributed by atoms with van der Waals surface area (Å²) < 4.78 is 14.3. The van der Waals surface area contributed by atoms with Crippen LogP contribution in [0.4, 0.5) is 4.39 Å². The second-order valence-corrected chi connectivity index (χ2v) is 3.26. The summed E-state index contributed by atoms with van der Waals surface area (Å²) >= 11 is 0. The molecular formula is C10H11FN4. The topological polar surface area (TPSA) is 56.7 Å². The summed E-state index contributed by atoms with van der Waals surface area (Å²) in [7, 11) is 1.80. The molecule has 0 aliphatic rings. The molecule has 2 heterocycles. The fourth-order valence-electron chi connectivity index (χ4n) is 1.41. The van der Waals surface area contributed by atoms with Gasteiger partial charge in [-0.25, -0.2) is 4.39 Å². The number of hydrogen-bond acceptors (Lipinski definition) is 3. The van der Waals surface area contributed by atoms with Gasteiger partial charge in [-0.05, 0) is 18.2 Å². The number of nitrogens with zero attached hydrogens (tertiary/aromatic N) is 3. The fourth-order valence-corrected chi connectivity index (χ4v) is 1.41. The van der Waals surface area contributed by atoms with E-state index in [1.807, 2.05) is 6.07 Å². The van der Waals surface area contributed by atoms with Gasteiger partial charge in [0.15, 0.2) is 0 Å². The summed E-state index contributed by atoms with van der Waals surface area (Å²) in [5.74, 6) is -0.365. The molecule has 1 unspecified atom stereocenters. The molecule has 15 heavy (non-hydrogen) atoms. The average molecular weight is 206 g/mol. The molecule has 5 heteroatoms. The molecule has 0 fully saturated rings. The van der Waals surface area contributed by atoms with Crippen molar-refractivity contribution in [3.05, 3.63) is 47.8 Å². The van der Waals surface area contributed by atoms with Crippen molar-refractivity contribution in [3.8, 4) is 0 Å². The maximum atomic E-state index is 12.7. The molecule has 2 aromatic rings. The second kappa shape index (κ2) is 3.78. The Morgan fingerprint density at radius 1 is 1.40 bits per heavy atom. The molecule has 0 amide bonds. The Hall–Kier alpha value is -1.75. The molecule has 2 N–H and O–H groups in total. The lowest BCUT2D eigenvalue weighted by Crippen LogP contribution is -2.17. The SMILES string of the molecule is Cn1nccc1C(N)c1ccc(F)cn1. The number of aromatic nitrogens is 3. The first kappa shape index (κ1) is 9.79. The highest BCUT2D eigenvalue weighted by atomic mass is 19.1. The van der Waals surface area contributed by atoms with Crippen LogP contribution in [-0.4, -0.2) is 14.8 Å². The second-order valence-electron chi connectivity index (χ2n) is 3.26. The van der Waals surface area contributed by atoms with Gasteiger partial charge in [-0.3, -0.25) is 9.67 Å². The first-order valence-corrected chi connectivity index (χ1v) is 4.53. The van der Waals surface area contributed by atoms with E-state index < -0.39 is 0 Å². The molecule has 2 aromatic heterocycles. The molecule has 0 bridgehead atoms. The monoisotopic (exact) mass is 206 g/mol. The molecule has 2 rings (SSSR count). The van der Waals surface area contributed by atoms with Gasteiger partial charge in [-0.15, -0.1) is 0 Å². The number of halogens is 1. The predicted molar refractivity (Wildman–Crippen MR) is 53.4 cm³/mol. The molecule has 78 valence electrons. The van der Waals surface area contributed by atoms with Gasteiger partial charge in [0.1, 0.15) is 5.82 Å². The molecule has 0 aromatic carbocycles. The highest BCUT2D eigenvalue weighted by Gasteiger charge is 2.13. The normalized spacial score (nSPS) is 12.7. The lowest BCUT2D eigenvalue weighted by Gasteiger charge is -2.10. The van der Waals surface area contributed by atoms with Crippen molar-refractivity contribution in [3.63, 3.8) is 0 Å². The van der Waals surface area contributed by atoms with Gasteiger partial charge in [-0.1, -0.05) is 0 Å². The van der Waals surface area contributed by atoms with E-state index in [4.69, 9.17) is 5.73 Å². The van der Waals surface area contributed by atoms with Gasteiger partial charge in [0, 0.05) is 13.2 Å². The van der Waals surface area contributed by atoms with Crippen LogP contribution in [0.5, 0.6) is 0 Å². The lowest BCUT2D eigenvalue weighted by atomic mass is 10.1. The number of aryl methyl sites for hydroxylation is 1. The van der Waals surface area contributed by atoms with Gasteiger partial charge < -0.3 is 5.73 Å². The molecule has 1 atom stereocenters. The summed E-state index contributed by atoms with van der Waals surface area (Å²) in [6.45, 7) is 0. The van der Waals surface area contributed by atoms with Crippen molar-refractivity contribution in [1.29, 1.82) is 0 Å². The third-order valence-electron chi connectivity index (χ3n) is 2.25.